The summed E-state index contributed by atoms with van der Waals surface area (Å²) in [6.45, 7) is 0. The Morgan fingerprint density at radius 2 is 1.88 bits per heavy atom. The smallest absolute Gasteiger partial charge is 0.168 e. The predicted octanol–water partition coefficient (Wildman–Crippen LogP) is 3.72. The maximum Gasteiger partial charge on any atom is 0.168 e. The number of pyridine rings is 2. The number of aromatic nitrogens is 4. The van der Waals surface area contributed by atoms with Crippen molar-refractivity contribution in [3.8, 4) is 16.9 Å². The molecule has 4 aromatic rings. The fourth-order valence-electron chi connectivity index (χ4n) is 3.13. The van der Waals surface area contributed by atoms with E-state index in [-0.39, 0.29) is 5.82 Å². The molecule has 0 fully saturated rings. The highest BCUT2D eigenvalue weighted by Gasteiger charge is 2.11. The first-order valence-corrected chi connectivity index (χ1v) is 8.30. The molecule has 0 bridgehead atoms. The van der Waals surface area contributed by atoms with Crippen LogP contribution in [0.25, 0.3) is 16.8 Å². The fourth-order valence-corrected chi connectivity index (χ4v) is 3.13. The van der Waals surface area contributed by atoms with Crippen molar-refractivity contribution in [3.63, 3.8) is 0 Å². The molecule has 6 heteroatoms. The van der Waals surface area contributed by atoms with Crippen molar-refractivity contribution in [2.75, 3.05) is 7.11 Å². The monoisotopic (exact) mass is 348 g/mol. The van der Waals surface area contributed by atoms with E-state index in [9.17, 15) is 4.39 Å². The van der Waals surface area contributed by atoms with Crippen LogP contribution in [0.4, 0.5) is 4.39 Å². The van der Waals surface area contributed by atoms with E-state index >= 15 is 0 Å². The molecule has 0 saturated carbocycles. The molecular weight excluding hydrogens is 331 g/mol. The zero-order valence-corrected chi connectivity index (χ0v) is 14.3. The lowest BCUT2D eigenvalue weighted by molar-refractivity contribution is 0.408. The molecule has 0 aliphatic carbocycles. The average molecular weight is 348 g/mol. The first kappa shape index (κ1) is 16.2. The summed E-state index contributed by atoms with van der Waals surface area (Å²) in [6.07, 6.45) is 6.59. The second-order valence-corrected chi connectivity index (χ2v) is 5.95. The van der Waals surface area contributed by atoms with Crippen molar-refractivity contribution in [1.29, 1.82) is 0 Å². The molecule has 0 amide bonds. The maximum absolute atomic E-state index is 13.6. The van der Waals surface area contributed by atoms with Gasteiger partial charge in [0.15, 0.2) is 5.65 Å². The van der Waals surface area contributed by atoms with Crippen LogP contribution in [-0.2, 0) is 12.8 Å². The zero-order valence-electron chi connectivity index (χ0n) is 14.3. The maximum atomic E-state index is 13.6. The van der Waals surface area contributed by atoms with Crippen molar-refractivity contribution >= 4 is 5.65 Å². The van der Waals surface area contributed by atoms with Gasteiger partial charge in [0, 0.05) is 23.7 Å². The van der Waals surface area contributed by atoms with Crippen molar-refractivity contribution < 1.29 is 9.13 Å². The largest absolute Gasteiger partial charge is 0.496 e. The number of benzene rings is 1. The third-order valence-corrected chi connectivity index (χ3v) is 4.42. The molecule has 1 aromatic carbocycles. The lowest BCUT2D eigenvalue weighted by atomic mass is 10.0. The Kier molecular flexibility index (Phi) is 4.31. The van der Waals surface area contributed by atoms with Crippen LogP contribution in [0.2, 0.25) is 0 Å². The second-order valence-electron chi connectivity index (χ2n) is 5.95. The molecule has 0 saturated heterocycles. The summed E-state index contributed by atoms with van der Waals surface area (Å²) in [6, 6.07) is 12.6. The van der Waals surface area contributed by atoms with Gasteiger partial charge in [0.2, 0.25) is 0 Å². The van der Waals surface area contributed by atoms with E-state index < -0.39 is 0 Å². The summed E-state index contributed by atoms with van der Waals surface area (Å²) in [7, 11) is 1.60. The van der Waals surface area contributed by atoms with E-state index in [1.165, 1.54) is 12.1 Å². The first-order valence-electron chi connectivity index (χ1n) is 8.30. The van der Waals surface area contributed by atoms with Gasteiger partial charge in [-0.1, -0.05) is 0 Å². The third-order valence-electron chi connectivity index (χ3n) is 4.42. The van der Waals surface area contributed by atoms with E-state index in [1.54, 1.807) is 31.9 Å². The van der Waals surface area contributed by atoms with Gasteiger partial charge in [0.05, 0.1) is 7.11 Å². The Morgan fingerprint density at radius 3 is 2.69 bits per heavy atom. The van der Waals surface area contributed by atoms with Gasteiger partial charge in [0.1, 0.15) is 17.9 Å². The predicted molar refractivity (Wildman–Crippen MR) is 96.6 cm³/mol. The molecule has 130 valence electrons. The lowest BCUT2D eigenvalue weighted by Gasteiger charge is -2.11. The van der Waals surface area contributed by atoms with Gasteiger partial charge < -0.3 is 4.74 Å². The minimum absolute atomic E-state index is 0.261. The van der Waals surface area contributed by atoms with Crippen molar-refractivity contribution in [2.24, 2.45) is 0 Å². The van der Waals surface area contributed by atoms with Gasteiger partial charge in [-0.3, -0.25) is 9.38 Å². The molecular formula is C20H17FN4O. The SMILES string of the molecule is COc1ccc(F)cc1CCc1ccc(-c2ccncc2)c2nncn12. The van der Waals surface area contributed by atoms with Crippen LogP contribution in [0.3, 0.4) is 0 Å². The van der Waals surface area contributed by atoms with Crippen LogP contribution in [0.5, 0.6) is 5.75 Å². The molecule has 0 N–H and O–H groups in total. The van der Waals surface area contributed by atoms with E-state index in [4.69, 9.17) is 4.74 Å². The molecule has 3 heterocycles. The van der Waals surface area contributed by atoms with Gasteiger partial charge in [-0.25, -0.2) is 4.39 Å². The van der Waals surface area contributed by atoms with Gasteiger partial charge in [-0.2, -0.15) is 0 Å². The highest BCUT2D eigenvalue weighted by Crippen LogP contribution is 2.25. The lowest BCUT2D eigenvalue weighted by Crippen LogP contribution is -2.02. The van der Waals surface area contributed by atoms with Gasteiger partial charge in [-0.15, -0.1) is 10.2 Å². The second kappa shape index (κ2) is 6.92. The topological polar surface area (TPSA) is 52.3 Å². The highest BCUT2D eigenvalue weighted by atomic mass is 19.1. The van der Waals surface area contributed by atoms with Crippen molar-refractivity contribution in [3.05, 3.63) is 78.3 Å². The highest BCUT2D eigenvalue weighted by molar-refractivity contribution is 5.77. The summed E-state index contributed by atoms with van der Waals surface area (Å²) < 4.78 is 20.9. The molecule has 0 unspecified atom stereocenters. The number of fused-ring (bicyclic) bond motifs is 1. The van der Waals surface area contributed by atoms with E-state index in [0.717, 1.165) is 28.0 Å². The minimum Gasteiger partial charge on any atom is -0.496 e. The van der Waals surface area contributed by atoms with Crippen LogP contribution in [0.15, 0.2) is 61.2 Å². The number of halogens is 1. The van der Waals surface area contributed by atoms with Gasteiger partial charge in [-0.05, 0) is 66.4 Å². The van der Waals surface area contributed by atoms with Crippen LogP contribution >= 0.6 is 0 Å². The Hall–Kier alpha value is -3.28. The minimum atomic E-state index is -0.261. The summed E-state index contributed by atoms with van der Waals surface area (Å²) in [5, 5.41) is 8.33. The van der Waals surface area contributed by atoms with Gasteiger partial charge >= 0.3 is 0 Å². The van der Waals surface area contributed by atoms with Gasteiger partial charge in [0.25, 0.3) is 0 Å². The number of hydrogen-bond acceptors (Lipinski definition) is 4. The van der Waals surface area contributed by atoms with Crippen molar-refractivity contribution in [2.45, 2.75) is 12.8 Å². The number of rotatable bonds is 5. The van der Waals surface area contributed by atoms with Crippen LogP contribution in [0.1, 0.15) is 11.3 Å². The molecule has 3 aromatic heterocycles. The number of ether oxygens (including phenoxy) is 1. The van der Waals surface area contributed by atoms with Crippen molar-refractivity contribution in [1.82, 2.24) is 19.6 Å². The number of nitrogens with zero attached hydrogens (tertiary/aromatic N) is 4. The van der Waals surface area contributed by atoms with Crippen LogP contribution < -0.4 is 4.74 Å². The Labute approximate surface area is 150 Å². The summed E-state index contributed by atoms with van der Waals surface area (Å²) in [5.41, 5.74) is 4.72. The molecule has 5 nitrogen and oxygen atoms in total. The quantitative estimate of drug-likeness (QED) is 0.551. The standard InChI is InChI=1S/C20H17FN4O/c1-26-19-7-3-16(21)12-15(19)2-4-17-5-6-18(14-8-10-22-11-9-14)20-24-23-13-25(17)20/h3,5-13H,2,4H2,1H3. The molecule has 0 atom stereocenters. The molecule has 0 aliphatic rings. The molecule has 0 radical (unpaired) electrons. The molecule has 0 aliphatic heterocycles. The van der Waals surface area contributed by atoms with Crippen LogP contribution in [0, 0.1) is 5.82 Å². The third kappa shape index (κ3) is 3.01. The number of methoxy groups -OCH3 is 1. The fraction of sp³-hybridized carbons (Fsp3) is 0.150. The van der Waals surface area contributed by atoms with E-state index in [2.05, 4.69) is 21.2 Å². The average Bonchev–Trinajstić information content (AvgIpc) is 3.17. The number of hydrogen-bond donors (Lipinski definition) is 0. The normalized spacial score (nSPS) is 11.0. The summed E-state index contributed by atoms with van der Waals surface area (Å²) >= 11 is 0. The Bertz CT molecular complexity index is 1050. The first-order chi connectivity index (χ1) is 12.8. The summed E-state index contributed by atoms with van der Waals surface area (Å²) in [5.74, 6) is 0.433. The van der Waals surface area contributed by atoms with E-state index in [0.29, 0.717) is 18.6 Å². The van der Waals surface area contributed by atoms with E-state index in [1.807, 2.05) is 22.6 Å². The summed E-state index contributed by atoms with van der Waals surface area (Å²) in [4.78, 5) is 4.06. The van der Waals surface area contributed by atoms with Crippen LogP contribution in [-0.4, -0.2) is 26.7 Å². The Morgan fingerprint density at radius 1 is 1.04 bits per heavy atom. The molecule has 0 spiro atoms. The molecule has 4 rings (SSSR count). The Balaban J connectivity index is 1.67. The number of aryl methyl sites for hydroxylation is 2. The zero-order chi connectivity index (χ0) is 17.9. The molecule has 26 heavy (non-hydrogen) atoms.